The van der Waals surface area contributed by atoms with Crippen LogP contribution in [0, 0.1) is 5.92 Å². The van der Waals surface area contributed by atoms with E-state index >= 15 is 0 Å². The number of hydrogen-bond donors (Lipinski definition) is 1. The fourth-order valence-corrected chi connectivity index (χ4v) is 5.20. The molecule has 2 aromatic heterocycles. The maximum atomic E-state index is 12.8. The molecule has 2 heterocycles. The molecule has 152 valence electrons. The van der Waals surface area contributed by atoms with Gasteiger partial charge in [-0.15, -0.1) is 11.3 Å². The first-order chi connectivity index (χ1) is 14.0. The minimum Gasteiger partial charge on any atom is -0.465 e. The van der Waals surface area contributed by atoms with Crippen molar-refractivity contribution in [2.45, 2.75) is 44.7 Å². The molecule has 29 heavy (non-hydrogen) atoms. The molecule has 0 atom stereocenters. The lowest BCUT2D eigenvalue weighted by molar-refractivity contribution is -0.141. The van der Waals surface area contributed by atoms with Crippen molar-refractivity contribution in [3.8, 4) is 11.1 Å². The van der Waals surface area contributed by atoms with Crippen molar-refractivity contribution in [3.63, 3.8) is 0 Å². The maximum absolute atomic E-state index is 12.8. The quantitative estimate of drug-likeness (QED) is 0.346. The number of nitrogens with one attached hydrogen (secondary N) is 1. The molecular formula is C22H24N2O3S2. The largest absolute Gasteiger partial charge is 0.465 e. The molecule has 0 saturated heterocycles. The molecule has 0 radical (unpaired) electrons. The van der Waals surface area contributed by atoms with E-state index in [4.69, 9.17) is 4.74 Å². The van der Waals surface area contributed by atoms with Crippen molar-refractivity contribution >= 4 is 39.3 Å². The highest BCUT2D eigenvalue weighted by molar-refractivity contribution is 7.99. The summed E-state index contributed by atoms with van der Waals surface area (Å²) < 4.78 is 5.17. The number of fused-ring (bicyclic) bond motifs is 2. The van der Waals surface area contributed by atoms with Crippen LogP contribution in [0.1, 0.15) is 37.8 Å². The van der Waals surface area contributed by atoms with Crippen LogP contribution in [0.15, 0.2) is 33.5 Å². The Labute approximate surface area is 177 Å². The normalized spacial score (nSPS) is 13.6. The van der Waals surface area contributed by atoms with Crippen LogP contribution in [0.4, 0.5) is 0 Å². The molecule has 4 rings (SSSR count). The monoisotopic (exact) mass is 428 g/mol. The molecular weight excluding hydrogens is 404 g/mol. The number of rotatable bonds is 6. The zero-order valence-corrected chi connectivity index (χ0v) is 18.3. The Hall–Kier alpha value is -2.12. The van der Waals surface area contributed by atoms with Crippen molar-refractivity contribution in [1.29, 1.82) is 0 Å². The number of carbonyl (C=O) groups is 1. The predicted octanol–water partition coefficient (Wildman–Crippen LogP) is 4.82. The van der Waals surface area contributed by atoms with Crippen LogP contribution < -0.4 is 5.56 Å². The topological polar surface area (TPSA) is 72.0 Å². The van der Waals surface area contributed by atoms with E-state index < -0.39 is 0 Å². The van der Waals surface area contributed by atoms with Gasteiger partial charge in [0.05, 0.1) is 17.7 Å². The molecule has 0 saturated carbocycles. The lowest BCUT2D eigenvalue weighted by Gasteiger charge is -2.16. The van der Waals surface area contributed by atoms with Crippen LogP contribution in [-0.2, 0) is 22.4 Å². The van der Waals surface area contributed by atoms with Crippen LogP contribution in [0.3, 0.4) is 0 Å². The Kier molecular flexibility index (Phi) is 6.06. The fourth-order valence-electron chi connectivity index (χ4n) is 3.54. The number of aromatic amines is 1. The number of carbonyl (C=O) groups excluding carboxylic acids is 1. The third-order valence-electron chi connectivity index (χ3n) is 4.99. The van der Waals surface area contributed by atoms with E-state index in [1.165, 1.54) is 47.1 Å². The molecule has 1 aliphatic rings. The third-order valence-corrected chi connectivity index (χ3v) is 6.71. The highest BCUT2D eigenvalue weighted by Gasteiger charge is 2.16. The zero-order chi connectivity index (χ0) is 20.4. The summed E-state index contributed by atoms with van der Waals surface area (Å²) in [6, 6.07) is 6.53. The number of esters is 1. The number of hydrogen-bond acceptors (Lipinski definition) is 6. The Morgan fingerprint density at radius 1 is 1.28 bits per heavy atom. The maximum Gasteiger partial charge on any atom is 0.316 e. The molecule has 5 nitrogen and oxygen atoms in total. The molecule has 3 aromatic rings. The number of ether oxygens (including phenoxy) is 1. The van der Waals surface area contributed by atoms with Gasteiger partial charge in [0, 0.05) is 10.9 Å². The van der Waals surface area contributed by atoms with Crippen molar-refractivity contribution in [2.24, 2.45) is 5.92 Å². The Bertz CT molecular complexity index is 1100. The summed E-state index contributed by atoms with van der Waals surface area (Å²) in [4.78, 5) is 32.7. The summed E-state index contributed by atoms with van der Waals surface area (Å²) in [5, 5.41) is 3.07. The molecule has 0 amide bonds. The van der Waals surface area contributed by atoms with Gasteiger partial charge >= 0.3 is 5.97 Å². The highest BCUT2D eigenvalue weighted by atomic mass is 32.2. The number of aryl methyl sites for hydroxylation is 2. The van der Waals surface area contributed by atoms with Crippen LogP contribution in [0.25, 0.3) is 21.3 Å². The molecule has 0 aliphatic heterocycles. The fraction of sp³-hybridized carbons (Fsp3) is 0.409. The lowest BCUT2D eigenvalue weighted by atomic mass is 9.89. The molecule has 0 spiro atoms. The van der Waals surface area contributed by atoms with Gasteiger partial charge in [-0.05, 0) is 48.3 Å². The standard InChI is InChI=1S/C22H24N2O3S2/c1-13(2)10-27-18(25)12-29-22-23-20(26)19-17(11-28-21(19)24-22)16-8-7-14-5-3-4-6-15(14)9-16/h7-9,11,13H,3-6,10,12H2,1-2H3,(H,23,24,26). The molecule has 0 fully saturated rings. The van der Waals surface area contributed by atoms with E-state index in [2.05, 4.69) is 28.2 Å². The highest BCUT2D eigenvalue weighted by Crippen LogP contribution is 2.34. The van der Waals surface area contributed by atoms with Gasteiger partial charge in [-0.2, -0.15) is 0 Å². The summed E-state index contributed by atoms with van der Waals surface area (Å²) in [6.45, 7) is 4.38. The summed E-state index contributed by atoms with van der Waals surface area (Å²) in [7, 11) is 0. The summed E-state index contributed by atoms with van der Waals surface area (Å²) in [6.07, 6.45) is 4.72. The predicted molar refractivity (Wildman–Crippen MR) is 119 cm³/mol. The van der Waals surface area contributed by atoms with Crippen molar-refractivity contribution < 1.29 is 9.53 Å². The number of aromatic nitrogens is 2. The van der Waals surface area contributed by atoms with Crippen LogP contribution in [-0.4, -0.2) is 28.3 Å². The van der Waals surface area contributed by atoms with E-state index in [1.54, 1.807) is 0 Å². The number of thiophene rings is 1. The van der Waals surface area contributed by atoms with Gasteiger partial charge in [0.15, 0.2) is 5.16 Å². The smallest absolute Gasteiger partial charge is 0.316 e. The van der Waals surface area contributed by atoms with Crippen LogP contribution >= 0.6 is 23.1 Å². The Morgan fingerprint density at radius 3 is 2.86 bits per heavy atom. The first-order valence-electron chi connectivity index (χ1n) is 9.93. The minimum absolute atomic E-state index is 0.129. The summed E-state index contributed by atoms with van der Waals surface area (Å²) in [5.41, 5.74) is 4.66. The molecule has 1 aliphatic carbocycles. The average molecular weight is 429 g/mol. The molecule has 7 heteroatoms. The van der Waals surface area contributed by atoms with E-state index in [0.717, 1.165) is 24.0 Å². The van der Waals surface area contributed by atoms with Gasteiger partial charge in [-0.3, -0.25) is 9.59 Å². The van der Waals surface area contributed by atoms with Gasteiger partial charge in [-0.1, -0.05) is 43.8 Å². The molecule has 0 unspecified atom stereocenters. The van der Waals surface area contributed by atoms with Crippen LogP contribution in [0.2, 0.25) is 0 Å². The first-order valence-corrected chi connectivity index (χ1v) is 11.8. The molecule has 1 N–H and O–H groups in total. The van der Waals surface area contributed by atoms with Crippen LogP contribution in [0.5, 0.6) is 0 Å². The minimum atomic E-state index is -0.299. The van der Waals surface area contributed by atoms with E-state index in [-0.39, 0.29) is 17.3 Å². The number of H-pyrrole nitrogens is 1. The number of benzene rings is 1. The van der Waals surface area contributed by atoms with Gasteiger partial charge in [0.25, 0.3) is 5.56 Å². The molecule has 0 bridgehead atoms. The third kappa shape index (κ3) is 4.56. The second-order valence-electron chi connectivity index (χ2n) is 7.76. The van der Waals surface area contributed by atoms with Crippen molar-refractivity contribution in [1.82, 2.24) is 9.97 Å². The van der Waals surface area contributed by atoms with Crippen molar-refractivity contribution in [3.05, 3.63) is 45.1 Å². The van der Waals surface area contributed by atoms with E-state index in [1.807, 2.05) is 19.2 Å². The van der Waals surface area contributed by atoms with Gasteiger partial charge in [0.1, 0.15) is 4.83 Å². The number of thioether (sulfide) groups is 1. The van der Waals surface area contributed by atoms with Gasteiger partial charge in [0.2, 0.25) is 0 Å². The first kappa shape index (κ1) is 20.2. The number of nitrogens with zero attached hydrogens (tertiary/aromatic N) is 1. The SMILES string of the molecule is CC(C)COC(=O)CSc1nc2scc(-c3ccc4c(c3)CCCC4)c2c(=O)[nH]1. The summed E-state index contributed by atoms with van der Waals surface area (Å²) >= 11 is 2.66. The molecule has 1 aromatic carbocycles. The van der Waals surface area contributed by atoms with Crippen molar-refractivity contribution in [2.75, 3.05) is 12.4 Å². The Morgan fingerprint density at radius 2 is 2.07 bits per heavy atom. The van der Waals surface area contributed by atoms with E-state index in [0.29, 0.717) is 27.9 Å². The second-order valence-corrected chi connectivity index (χ2v) is 9.58. The average Bonchev–Trinajstić information content (AvgIpc) is 3.15. The zero-order valence-electron chi connectivity index (χ0n) is 16.6. The van der Waals surface area contributed by atoms with E-state index in [9.17, 15) is 9.59 Å². The summed E-state index contributed by atoms with van der Waals surface area (Å²) in [5.74, 6) is 0.128. The van der Waals surface area contributed by atoms with Gasteiger partial charge < -0.3 is 9.72 Å². The lowest BCUT2D eigenvalue weighted by Crippen LogP contribution is -2.13. The van der Waals surface area contributed by atoms with Gasteiger partial charge in [-0.25, -0.2) is 4.98 Å². The second kappa shape index (κ2) is 8.71. The Balaban J connectivity index is 1.56.